The van der Waals surface area contributed by atoms with E-state index in [-0.39, 0.29) is 16.9 Å². The van der Waals surface area contributed by atoms with E-state index in [1.165, 1.54) is 26.0 Å². The fourth-order valence-corrected chi connectivity index (χ4v) is 4.90. The zero-order valence-electron chi connectivity index (χ0n) is 23.7. The maximum absolute atomic E-state index is 13.4. The Hall–Kier alpha value is -4.73. The molecule has 0 spiro atoms. The third-order valence-corrected chi connectivity index (χ3v) is 7.52. The summed E-state index contributed by atoms with van der Waals surface area (Å²) in [7, 11) is 3.05. The molecular formula is C33H30ClN3O5S. The molecule has 0 aromatic heterocycles. The Balaban J connectivity index is 1.47. The Morgan fingerprint density at radius 1 is 0.791 bits per heavy atom. The zero-order chi connectivity index (χ0) is 30.8. The topological polar surface area (TPSA) is 106 Å². The number of halogens is 1. The largest absolute Gasteiger partial charge is 0.493 e. The van der Waals surface area contributed by atoms with Gasteiger partial charge < -0.3 is 25.4 Å². The number of hydrogen-bond acceptors (Lipinski definition) is 6. The predicted molar refractivity (Wildman–Crippen MR) is 172 cm³/mol. The molecule has 0 aliphatic carbocycles. The number of amides is 3. The average molecular weight is 616 g/mol. The fourth-order valence-electron chi connectivity index (χ4n) is 3.90. The molecule has 8 nitrogen and oxygen atoms in total. The molecule has 0 radical (unpaired) electrons. The molecule has 3 N–H and O–H groups in total. The van der Waals surface area contributed by atoms with E-state index >= 15 is 0 Å². The molecule has 0 fully saturated rings. The first-order valence-corrected chi connectivity index (χ1v) is 14.5. The summed E-state index contributed by atoms with van der Waals surface area (Å²) >= 11 is 7.29. The van der Waals surface area contributed by atoms with Gasteiger partial charge in [0.1, 0.15) is 5.70 Å². The van der Waals surface area contributed by atoms with Gasteiger partial charge >= 0.3 is 0 Å². The number of ether oxygens (including phenoxy) is 2. The summed E-state index contributed by atoms with van der Waals surface area (Å²) in [5, 5.41) is 8.64. The van der Waals surface area contributed by atoms with Crippen molar-refractivity contribution in [3.8, 4) is 11.5 Å². The number of rotatable bonds is 11. The van der Waals surface area contributed by atoms with Crippen LogP contribution in [-0.2, 0) is 9.59 Å². The van der Waals surface area contributed by atoms with E-state index in [9.17, 15) is 14.4 Å². The van der Waals surface area contributed by atoms with Crippen LogP contribution >= 0.6 is 23.4 Å². The molecule has 4 aromatic carbocycles. The molecule has 1 unspecified atom stereocenters. The van der Waals surface area contributed by atoms with Crippen molar-refractivity contribution in [2.45, 2.75) is 17.1 Å². The summed E-state index contributed by atoms with van der Waals surface area (Å²) in [5.41, 5.74) is 2.24. The SMILES string of the molecule is COc1ccc(/C=C(\NC(=O)c2ccccc2)C(=O)Nc2ccc(SC(C)C(=O)Nc3ccc(Cl)cc3)cc2)cc1OC. The maximum Gasteiger partial charge on any atom is 0.272 e. The zero-order valence-corrected chi connectivity index (χ0v) is 25.3. The molecule has 0 saturated carbocycles. The van der Waals surface area contributed by atoms with Gasteiger partial charge in [0.15, 0.2) is 11.5 Å². The first kappa shape index (κ1) is 31.2. The van der Waals surface area contributed by atoms with Crippen LogP contribution < -0.4 is 25.4 Å². The van der Waals surface area contributed by atoms with Crippen molar-refractivity contribution in [3.05, 3.63) is 119 Å². The van der Waals surface area contributed by atoms with Gasteiger partial charge in [-0.05, 0) is 91.4 Å². The van der Waals surface area contributed by atoms with E-state index in [2.05, 4.69) is 16.0 Å². The number of methoxy groups -OCH3 is 2. The summed E-state index contributed by atoms with van der Waals surface area (Å²) in [4.78, 5) is 39.8. The van der Waals surface area contributed by atoms with Gasteiger partial charge in [-0.25, -0.2) is 0 Å². The van der Waals surface area contributed by atoms with Crippen LogP contribution in [0, 0.1) is 0 Å². The Morgan fingerprint density at radius 2 is 1.42 bits per heavy atom. The van der Waals surface area contributed by atoms with Gasteiger partial charge in [0.05, 0.1) is 19.5 Å². The quantitative estimate of drug-likeness (QED) is 0.125. The molecule has 43 heavy (non-hydrogen) atoms. The number of hydrogen-bond donors (Lipinski definition) is 3. The highest BCUT2D eigenvalue weighted by atomic mass is 35.5. The first-order chi connectivity index (χ1) is 20.7. The number of benzene rings is 4. The van der Waals surface area contributed by atoms with Gasteiger partial charge in [0, 0.05) is 26.9 Å². The van der Waals surface area contributed by atoms with Gasteiger partial charge in [-0.3, -0.25) is 14.4 Å². The third-order valence-electron chi connectivity index (χ3n) is 6.15. The molecule has 4 aromatic rings. The Morgan fingerprint density at radius 3 is 2.07 bits per heavy atom. The van der Waals surface area contributed by atoms with Crippen LogP contribution in [0.4, 0.5) is 11.4 Å². The molecule has 3 amide bonds. The van der Waals surface area contributed by atoms with Gasteiger partial charge in [-0.15, -0.1) is 11.8 Å². The van der Waals surface area contributed by atoms with Crippen LogP contribution in [0.1, 0.15) is 22.8 Å². The Bertz CT molecular complexity index is 1610. The number of carbonyl (C=O) groups is 3. The van der Waals surface area contributed by atoms with Crippen LogP contribution in [0.15, 0.2) is 108 Å². The van der Waals surface area contributed by atoms with Crippen molar-refractivity contribution in [1.82, 2.24) is 5.32 Å². The predicted octanol–water partition coefficient (Wildman–Crippen LogP) is 6.89. The van der Waals surface area contributed by atoms with Crippen molar-refractivity contribution in [2.75, 3.05) is 24.9 Å². The van der Waals surface area contributed by atoms with Crippen LogP contribution in [0.2, 0.25) is 5.02 Å². The van der Waals surface area contributed by atoms with Crippen LogP contribution in [0.5, 0.6) is 11.5 Å². The molecular weight excluding hydrogens is 586 g/mol. The summed E-state index contributed by atoms with van der Waals surface area (Å²) in [6, 6.07) is 27.8. The van der Waals surface area contributed by atoms with Crippen molar-refractivity contribution in [2.24, 2.45) is 0 Å². The molecule has 0 saturated heterocycles. The number of thioether (sulfide) groups is 1. The molecule has 0 heterocycles. The van der Waals surface area contributed by atoms with E-state index in [0.29, 0.717) is 39.0 Å². The second-order valence-corrected chi connectivity index (χ2v) is 11.1. The number of nitrogens with one attached hydrogen (secondary N) is 3. The van der Waals surface area contributed by atoms with E-state index in [4.69, 9.17) is 21.1 Å². The van der Waals surface area contributed by atoms with Gasteiger partial charge in [-0.2, -0.15) is 0 Å². The summed E-state index contributed by atoms with van der Waals surface area (Å²) < 4.78 is 10.7. The van der Waals surface area contributed by atoms with Gasteiger partial charge in [-0.1, -0.05) is 35.9 Å². The lowest BCUT2D eigenvalue weighted by Gasteiger charge is -2.14. The smallest absolute Gasteiger partial charge is 0.272 e. The van der Waals surface area contributed by atoms with E-state index in [0.717, 1.165) is 4.90 Å². The minimum absolute atomic E-state index is 0.0343. The van der Waals surface area contributed by atoms with Crippen molar-refractivity contribution in [3.63, 3.8) is 0 Å². The lowest BCUT2D eigenvalue weighted by atomic mass is 10.1. The monoisotopic (exact) mass is 615 g/mol. The van der Waals surface area contributed by atoms with E-state index < -0.39 is 11.8 Å². The highest BCUT2D eigenvalue weighted by Crippen LogP contribution is 2.29. The minimum atomic E-state index is -0.518. The molecule has 0 bridgehead atoms. The molecule has 0 aliphatic heterocycles. The molecule has 0 aliphatic rings. The Kier molecular flexibility index (Phi) is 10.9. The molecule has 220 valence electrons. The van der Waals surface area contributed by atoms with Crippen molar-refractivity contribution in [1.29, 1.82) is 0 Å². The fraction of sp³-hybridized carbons (Fsp3) is 0.121. The van der Waals surface area contributed by atoms with Gasteiger partial charge in [0.25, 0.3) is 11.8 Å². The molecule has 4 rings (SSSR count). The van der Waals surface area contributed by atoms with E-state index in [1.54, 1.807) is 91.0 Å². The Labute approximate surface area is 259 Å². The average Bonchev–Trinajstić information content (AvgIpc) is 3.02. The lowest BCUT2D eigenvalue weighted by molar-refractivity contribution is -0.115. The van der Waals surface area contributed by atoms with Crippen LogP contribution in [0.3, 0.4) is 0 Å². The number of carbonyl (C=O) groups excluding carboxylic acids is 3. The maximum atomic E-state index is 13.4. The number of anilines is 2. The third kappa shape index (κ3) is 8.88. The molecule has 1 atom stereocenters. The van der Waals surface area contributed by atoms with Crippen LogP contribution in [0.25, 0.3) is 6.08 Å². The first-order valence-electron chi connectivity index (χ1n) is 13.2. The second kappa shape index (κ2) is 14.9. The highest BCUT2D eigenvalue weighted by Gasteiger charge is 2.17. The van der Waals surface area contributed by atoms with Crippen molar-refractivity contribution < 1.29 is 23.9 Å². The van der Waals surface area contributed by atoms with E-state index in [1.807, 2.05) is 19.1 Å². The second-order valence-electron chi connectivity index (χ2n) is 9.23. The summed E-state index contributed by atoms with van der Waals surface area (Å²) in [5.74, 6) is -0.0812. The minimum Gasteiger partial charge on any atom is -0.493 e. The lowest BCUT2D eigenvalue weighted by Crippen LogP contribution is -2.30. The summed E-state index contributed by atoms with van der Waals surface area (Å²) in [6.07, 6.45) is 1.56. The molecule has 10 heteroatoms. The normalized spacial score (nSPS) is 11.7. The standard InChI is InChI=1S/C33H30ClN3O5S/c1-21(31(38)35-25-12-10-24(34)11-13-25)43-27-16-14-26(15-17-27)36-33(40)28(37-32(39)23-7-5-4-6-8-23)19-22-9-18-29(41-2)30(20-22)42-3/h4-21H,1-3H3,(H,35,38)(H,36,40)(H,37,39)/b28-19-. The highest BCUT2D eigenvalue weighted by molar-refractivity contribution is 8.00. The van der Waals surface area contributed by atoms with Crippen molar-refractivity contribution >= 4 is 58.5 Å². The van der Waals surface area contributed by atoms with Crippen LogP contribution in [-0.4, -0.2) is 37.2 Å². The summed E-state index contributed by atoms with van der Waals surface area (Å²) in [6.45, 7) is 1.81. The van der Waals surface area contributed by atoms with Gasteiger partial charge in [0.2, 0.25) is 5.91 Å².